The molecule has 3 nitrogen and oxygen atoms in total. The summed E-state index contributed by atoms with van der Waals surface area (Å²) < 4.78 is 4.71. The zero-order valence-corrected chi connectivity index (χ0v) is 9.50. The van der Waals surface area contributed by atoms with Crippen molar-refractivity contribution in [1.82, 2.24) is 4.90 Å². The third-order valence-corrected chi connectivity index (χ3v) is 2.80. The fourth-order valence-corrected chi connectivity index (χ4v) is 1.85. The van der Waals surface area contributed by atoms with Crippen LogP contribution in [0.2, 0.25) is 0 Å². The van der Waals surface area contributed by atoms with Crippen LogP contribution in [-0.4, -0.2) is 24.1 Å². The fraction of sp³-hybridized carbons (Fsp3) is 0.500. The Kier molecular flexibility index (Phi) is 3.95. The standard InChI is InChI=1S/C10H15NO2S/c1-8(2)11(10(12)13-3)7-9-5-4-6-14-9/h4-6,8H,7H2,1-3H3. The van der Waals surface area contributed by atoms with E-state index in [-0.39, 0.29) is 12.1 Å². The molecule has 0 unspecified atom stereocenters. The van der Waals surface area contributed by atoms with Gasteiger partial charge in [-0.05, 0) is 25.3 Å². The Morgan fingerprint density at radius 3 is 2.79 bits per heavy atom. The first-order valence-corrected chi connectivity index (χ1v) is 5.40. The predicted molar refractivity (Wildman–Crippen MR) is 57.4 cm³/mol. The molecular weight excluding hydrogens is 198 g/mol. The van der Waals surface area contributed by atoms with Crippen LogP contribution >= 0.6 is 11.3 Å². The summed E-state index contributed by atoms with van der Waals surface area (Å²) in [7, 11) is 1.41. The van der Waals surface area contributed by atoms with E-state index >= 15 is 0 Å². The number of carbonyl (C=O) groups is 1. The molecule has 0 atom stereocenters. The van der Waals surface area contributed by atoms with Gasteiger partial charge in [-0.2, -0.15) is 0 Å². The molecule has 4 heteroatoms. The summed E-state index contributed by atoms with van der Waals surface area (Å²) in [4.78, 5) is 14.3. The minimum absolute atomic E-state index is 0.157. The van der Waals surface area contributed by atoms with Gasteiger partial charge in [0.25, 0.3) is 0 Å². The van der Waals surface area contributed by atoms with E-state index in [1.54, 1.807) is 16.2 Å². The highest BCUT2D eigenvalue weighted by Gasteiger charge is 2.17. The van der Waals surface area contributed by atoms with E-state index in [0.717, 1.165) is 0 Å². The van der Waals surface area contributed by atoms with E-state index in [1.165, 1.54) is 12.0 Å². The minimum Gasteiger partial charge on any atom is -0.453 e. The van der Waals surface area contributed by atoms with Crippen molar-refractivity contribution in [1.29, 1.82) is 0 Å². The van der Waals surface area contributed by atoms with Crippen molar-refractivity contribution in [3.63, 3.8) is 0 Å². The summed E-state index contributed by atoms with van der Waals surface area (Å²) in [5, 5.41) is 2.01. The summed E-state index contributed by atoms with van der Waals surface area (Å²) in [6.45, 7) is 4.58. The van der Waals surface area contributed by atoms with Gasteiger partial charge in [0.15, 0.2) is 0 Å². The molecule has 1 aromatic heterocycles. The van der Waals surface area contributed by atoms with Gasteiger partial charge in [-0.15, -0.1) is 11.3 Å². The first kappa shape index (κ1) is 11.0. The maximum atomic E-state index is 11.4. The van der Waals surface area contributed by atoms with E-state index in [0.29, 0.717) is 6.54 Å². The Bertz CT molecular complexity index is 282. The zero-order valence-electron chi connectivity index (χ0n) is 8.69. The molecule has 1 aromatic rings. The second kappa shape index (κ2) is 5.00. The number of methoxy groups -OCH3 is 1. The van der Waals surface area contributed by atoms with E-state index < -0.39 is 0 Å². The Hall–Kier alpha value is -1.03. The van der Waals surface area contributed by atoms with Gasteiger partial charge >= 0.3 is 6.09 Å². The number of rotatable bonds is 3. The van der Waals surface area contributed by atoms with Crippen LogP contribution in [0.1, 0.15) is 18.7 Å². The molecule has 0 N–H and O–H groups in total. The second-order valence-electron chi connectivity index (χ2n) is 3.27. The lowest BCUT2D eigenvalue weighted by molar-refractivity contribution is 0.108. The van der Waals surface area contributed by atoms with Crippen LogP contribution < -0.4 is 0 Å². The molecule has 1 heterocycles. The quantitative estimate of drug-likeness (QED) is 0.772. The van der Waals surface area contributed by atoms with E-state index in [9.17, 15) is 4.79 Å². The molecule has 14 heavy (non-hydrogen) atoms. The van der Waals surface area contributed by atoms with Crippen LogP contribution in [0.4, 0.5) is 4.79 Å². The Labute approximate surface area is 88.3 Å². The second-order valence-corrected chi connectivity index (χ2v) is 4.30. The Morgan fingerprint density at radius 1 is 1.64 bits per heavy atom. The first-order valence-electron chi connectivity index (χ1n) is 4.52. The maximum absolute atomic E-state index is 11.4. The number of nitrogens with zero attached hydrogens (tertiary/aromatic N) is 1. The molecule has 0 aromatic carbocycles. The van der Waals surface area contributed by atoms with Crippen molar-refractivity contribution >= 4 is 17.4 Å². The zero-order chi connectivity index (χ0) is 10.6. The smallest absolute Gasteiger partial charge is 0.410 e. The van der Waals surface area contributed by atoms with Gasteiger partial charge in [-0.3, -0.25) is 0 Å². The van der Waals surface area contributed by atoms with Crippen LogP contribution in [0.3, 0.4) is 0 Å². The average Bonchev–Trinajstić information content (AvgIpc) is 2.65. The lowest BCUT2D eigenvalue weighted by Gasteiger charge is -2.24. The largest absolute Gasteiger partial charge is 0.453 e. The summed E-state index contributed by atoms with van der Waals surface area (Å²) in [6, 6.07) is 4.16. The van der Waals surface area contributed by atoms with E-state index in [4.69, 9.17) is 4.74 Å². The number of carbonyl (C=O) groups excluding carboxylic acids is 1. The molecule has 0 fully saturated rings. The molecule has 0 saturated heterocycles. The van der Waals surface area contributed by atoms with E-state index in [2.05, 4.69) is 0 Å². The Balaban J connectivity index is 2.65. The molecule has 1 amide bonds. The van der Waals surface area contributed by atoms with Gasteiger partial charge in [0, 0.05) is 10.9 Å². The highest BCUT2D eigenvalue weighted by molar-refractivity contribution is 7.09. The highest BCUT2D eigenvalue weighted by atomic mass is 32.1. The molecule has 0 aliphatic rings. The predicted octanol–water partition coefficient (Wildman–Crippen LogP) is 2.72. The normalized spacial score (nSPS) is 10.3. The summed E-state index contributed by atoms with van der Waals surface area (Å²) >= 11 is 1.65. The molecule has 1 rings (SSSR count). The van der Waals surface area contributed by atoms with Gasteiger partial charge in [0.2, 0.25) is 0 Å². The molecule has 0 aliphatic heterocycles. The number of ether oxygens (including phenoxy) is 1. The van der Waals surface area contributed by atoms with Gasteiger partial charge in [0.1, 0.15) is 0 Å². The summed E-state index contributed by atoms with van der Waals surface area (Å²) in [5.74, 6) is 0. The number of thiophene rings is 1. The Morgan fingerprint density at radius 2 is 2.36 bits per heavy atom. The highest BCUT2D eigenvalue weighted by Crippen LogP contribution is 2.14. The average molecular weight is 213 g/mol. The fourth-order valence-electron chi connectivity index (χ4n) is 1.15. The summed E-state index contributed by atoms with van der Waals surface area (Å²) in [5.41, 5.74) is 0. The van der Waals surface area contributed by atoms with Gasteiger partial charge in [0.05, 0.1) is 13.7 Å². The molecular formula is C10H15NO2S. The first-order chi connectivity index (χ1) is 6.65. The summed E-state index contributed by atoms with van der Waals surface area (Å²) in [6.07, 6.45) is -0.270. The van der Waals surface area contributed by atoms with Gasteiger partial charge < -0.3 is 9.64 Å². The van der Waals surface area contributed by atoms with Crippen LogP contribution in [0.5, 0.6) is 0 Å². The SMILES string of the molecule is COC(=O)N(Cc1cccs1)C(C)C. The van der Waals surface area contributed by atoms with Crippen molar-refractivity contribution < 1.29 is 9.53 Å². The van der Waals surface area contributed by atoms with Crippen molar-refractivity contribution in [2.45, 2.75) is 26.4 Å². The number of amides is 1. The van der Waals surface area contributed by atoms with Crippen LogP contribution in [0.25, 0.3) is 0 Å². The number of hydrogen-bond acceptors (Lipinski definition) is 3. The van der Waals surface area contributed by atoms with Crippen LogP contribution in [-0.2, 0) is 11.3 Å². The van der Waals surface area contributed by atoms with Crippen molar-refractivity contribution in [3.8, 4) is 0 Å². The molecule has 0 bridgehead atoms. The maximum Gasteiger partial charge on any atom is 0.410 e. The monoisotopic (exact) mass is 213 g/mol. The number of hydrogen-bond donors (Lipinski definition) is 0. The third kappa shape index (κ3) is 2.73. The lowest BCUT2D eigenvalue weighted by Crippen LogP contribution is -2.35. The van der Waals surface area contributed by atoms with Crippen molar-refractivity contribution in [2.24, 2.45) is 0 Å². The van der Waals surface area contributed by atoms with Crippen LogP contribution in [0.15, 0.2) is 17.5 Å². The van der Waals surface area contributed by atoms with Gasteiger partial charge in [-0.25, -0.2) is 4.79 Å². The molecule has 0 radical (unpaired) electrons. The minimum atomic E-state index is -0.270. The third-order valence-electron chi connectivity index (χ3n) is 1.94. The topological polar surface area (TPSA) is 29.5 Å². The molecule has 0 spiro atoms. The van der Waals surface area contributed by atoms with Crippen molar-refractivity contribution in [2.75, 3.05) is 7.11 Å². The molecule has 0 saturated carbocycles. The van der Waals surface area contributed by atoms with Crippen molar-refractivity contribution in [3.05, 3.63) is 22.4 Å². The molecule has 0 aliphatic carbocycles. The molecule has 78 valence electrons. The van der Waals surface area contributed by atoms with Crippen LogP contribution in [0, 0.1) is 0 Å². The lowest BCUT2D eigenvalue weighted by atomic mass is 10.3. The van der Waals surface area contributed by atoms with Gasteiger partial charge in [-0.1, -0.05) is 6.07 Å². The van der Waals surface area contributed by atoms with E-state index in [1.807, 2.05) is 31.4 Å².